The van der Waals surface area contributed by atoms with Crippen LogP contribution in [0.5, 0.6) is 11.5 Å². The van der Waals surface area contributed by atoms with E-state index in [-0.39, 0.29) is 22.9 Å². The van der Waals surface area contributed by atoms with Crippen molar-refractivity contribution in [3.63, 3.8) is 0 Å². The van der Waals surface area contributed by atoms with E-state index >= 15 is 0 Å². The Morgan fingerprint density at radius 3 is 2.64 bits per heavy atom. The van der Waals surface area contributed by atoms with Crippen LogP contribution in [0, 0.1) is 0 Å². The van der Waals surface area contributed by atoms with Crippen LogP contribution in [0.4, 0.5) is 0 Å². The van der Waals surface area contributed by atoms with Crippen molar-refractivity contribution < 1.29 is 27.8 Å². The summed E-state index contributed by atoms with van der Waals surface area (Å²) in [6, 6.07) is 12.7. The molecule has 0 saturated heterocycles. The maximum Gasteiger partial charge on any atom is 0.328 e. The number of carboxylic acids is 1. The highest BCUT2D eigenvalue weighted by Gasteiger charge is 2.24. The molecule has 0 bridgehead atoms. The molecule has 4 rings (SSSR count). The van der Waals surface area contributed by atoms with Gasteiger partial charge in [-0.2, -0.15) is 0 Å². The van der Waals surface area contributed by atoms with Crippen LogP contribution >= 0.6 is 11.3 Å². The molecule has 188 valence electrons. The lowest BCUT2D eigenvalue weighted by Crippen LogP contribution is -2.23. The minimum Gasteiger partial charge on any atom is -0.493 e. The molecular weight excluding hydrogens is 506 g/mol. The summed E-state index contributed by atoms with van der Waals surface area (Å²) in [4.78, 5) is 16.9. The second-order valence-corrected chi connectivity index (χ2v) is 10.7. The SMILES string of the molecule is COc1ccc(C[C@@H](C(=O)O)n2cc(CNS(=O)(=O)c3ccc(-c4ccccn4)s3)nn2)cc1OC. The van der Waals surface area contributed by atoms with Gasteiger partial charge in [-0.3, -0.25) is 4.98 Å². The zero-order valence-electron chi connectivity index (χ0n) is 19.4. The lowest BCUT2D eigenvalue weighted by Gasteiger charge is -2.14. The van der Waals surface area contributed by atoms with Crippen LogP contribution in [0.1, 0.15) is 17.3 Å². The smallest absolute Gasteiger partial charge is 0.328 e. The molecule has 13 heteroatoms. The lowest BCUT2D eigenvalue weighted by molar-refractivity contribution is -0.141. The van der Waals surface area contributed by atoms with E-state index in [0.29, 0.717) is 22.8 Å². The van der Waals surface area contributed by atoms with Crippen molar-refractivity contribution in [1.29, 1.82) is 0 Å². The van der Waals surface area contributed by atoms with Gasteiger partial charge in [0.25, 0.3) is 0 Å². The highest BCUT2D eigenvalue weighted by Crippen LogP contribution is 2.30. The van der Waals surface area contributed by atoms with Gasteiger partial charge in [-0.1, -0.05) is 17.3 Å². The van der Waals surface area contributed by atoms with Crippen molar-refractivity contribution in [2.24, 2.45) is 0 Å². The van der Waals surface area contributed by atoms with Crippen molar-refractivity contribution in [2.45, 2.75) is 23.2 Å². The number of nitrogens with one attached hydrogen (secondary N) is 1. The number of carbonyl (C=O) groups is 1. The van der Waals surface area contributed by atoms with Crippen molar-refractivity contribution in [3.05, 3.63) is 72.2 Å². The number of hydrogen-bond donors (Lipinski definition) is 2. The minimum atomic E-state index is -3.81. The molecule has 0 saturated carbocycles. The first-order chi connectivity index (χ1) is 17.3. The Morgan fingerprint density at radius 1 is 1.14 bits per heavy atom. The highest BCUT2D eigenvalue weighted by atomic mass is 32.2. The molecule has 0 aliphatic heterocycles. The predicted molar refractivity (Wildman–Crippen MR) is 132 cm³/mol. The highest BCUT2D eigenvalue weighted by molar-refractivity contribution is 7.91. The summed E-state index contributed by atoms with van der Waals surface area (Å²) in [6.07, 6.45) is 3.16. The molecular formula is C23H23N5O6S2. The molecule has 0 spiro atoms. The van der Waals surface area contributed by atoms with Gasteiger partial charge in [0.2, 0.25) is 10.0 Å². The summed E-state index contributed by atoms with van der Waals surface area (Å²) in [5, 5.41) is 17.6. The summed E-state index contributed by atoms with van der Waals surface area (Å²) in [5.41, 5.74) is 1.65. The fraction of sp³-hybridized carbons (Fsp3) is 0.217. The molecule has 0 amide bonds. The van der Waals surface area contributed by atoms with Crippen LogP contribution in [0.25, 0.3) is 10.6 Å². The minimum absolute atomic E-state index is 0.107. The second-order valence-electron chi connectivity index (χ2n) is 7.60. The Balaban J connectivity index is 1.45. The summed E-state index contributed by atoms with van der Waals surface area (Å²) in [7, 11) is -0.803. The van der Waals surface area contributed by atoms with Crippen LogP contribution < -0.4 is 14.2 Å². The first-order valence-corrected chi connectivity index (χ1v) is 13.0. The fourth-order valence-corrected chi connectivity index (χ4v) is 5.75. The lowest BCUT2D eigenvalue weighted by atomic mass is 10.1. The summed E-state index contributed by atoms with van der Waals surface area (Å²) < 4.78 is 39.8. The third-order valence-electron chi connectivity index (χ3n) is 5.25. The number of nitrogens with zero attached hydrogens (tertiary/aromatic N) is 4. The maximum atomic E-state index is 12.8. The fourth-order valence-electron chi connectivity index (χ4n) is 3.42. The van der Waals surface area contributed by atoms with Gasteiger partial charge in [0.1, 0.15) is 4.21 Å². The van der Waals surface area contributed by atoms with Gasteiger partial charge in [0.15, 0.2) is 17.5 Å². The van der Waals surface area contributed by atoms with E-state index in [4.69, 9.17) is 9.47 Å². The number of aliphatic carboxylic acids is 1. The number of carboxylic acid groups (broad SMARTS) is 1. The number of hydrogen-bond acceptors (Lipinski definition) is 9. The first kappa shape index (κ1) is 25.3. The van der Waals surface area contributed by atoms with Crippen molar-refractivity contribution in [1.82, 2.24) is 24.7 Å². The van der Waals surface area contributed by atoms with Crippen molar-refractivity contribution >= 4 is 27.3 Å². The monoisotopic (exact) mass is 529 g/mol. The van der Waals surface area contributed by atoms with Gasteiger partial charge in [0.05, 0.1) is 43.2 Å². The normalized spacial score (nSPS) is 12.3. The molecule has 0 aliphatic rings. The van der Waals surface area contributed by atoms with Crippen molar-refractivity contribution in [2.75, 3.05) is 14.2 Å². The largest absolute Gasteiger partial charge is 0.493 e. The van der Waals surface area contributed by atoms with E-state index in [1.807, 2.05) is 6.07 Å². The van der Waals surface area contributed by atoms with Gasteiger partial charge < -0.3 is 14.6 Å². The van der Waals surface area contributed by atoms with Gasteiger partial charge in [0, 0.05) is 12.6 Å². The number of sulfonamides is 1. The molecule has 1 aromatic carbocycles. The molecule has 0 radical (unpaired) electrons. The first-order valence-electron chi connectivity index (χ1n) is 10.7. The summed E-state index contributed by atoms with van der Waals surface area (Å²) >= 11 is 1.10. The van der Waals surface area contributed by atoms with Crippen LogP contribution in [0.2, 0.25) is 0 Å². The Bertz CT molecular complexity index is 1450. The molecule has 3 aromatic heterocycles. The maximum absolute atomic E-state index is 12.8. The number of rotatable bonds is 11. The molecule has 11 nitrogen and oxygen atoms in total. The second kappa shape index (κ2) is 10.8. The Morgan fingerprint density at radius 2 is 1.94 bits per heavy atom. The molecule has 2 N–H and O–H groups in total. The number of benzene rings is 1. The number of ether oxygens (including phenoxy) is 2. The van der Waals surface area contributed by atoms with Crippen LogP contribution in [0.15, 0.2) is 65.1 Å². The molecule has 0 unspecified atom stereocenters. The zero-order chi connectivity index (χ0) is 25.7. The van der Waals surface area contributed by atoms with Gasteiger partial charge >= 0.3 is 5.97 Å². The topological polar surface area (TPSA) is 146 Å². The Hall–Kier alpha value is -3.81. The Labute approximate surface area is 211 Å². The van der Waals surface area contributed by atoms with Crippen LogP contribution in [-0.4, -0.2) is 53.7 Å². The number of thiophene rings is 1. The molecule has 0 fully saturated rings. The van der Waals surface area contributed by atoms with Gasteiger partial charge in [-0.05, 0) is 42.0 Å². The van der Waals surface area contributed by atoms with Gasteiger partial charge in [-0.15, -0.1) is 16.4 Å². The number of aromatic nitrogens is 4. The third-order valence-corrected chi connectivity index (χ3v) is 8.25. The Kier molecular flexibility index (Phi) is 7.62. The number of pyridine rings is 1. The van der Waals surface area contributed by atoms with E-state index < -0.39 is 22.0 Å². The van der Waals surface area contributed by atoms with E-state index in [2.05, 4.69) is 20.0 Å². The van der Waals surface area contributed by atoms with Crippen LogP contribution in [-0.2, 0) is 27.8 Å². The average Bonchev–Trinajstić information content (AvgIpc) is 3.57. The van der Waals surface area contributed by atoms with Crippen molar-refractivity contribution in [3.8, 4) is 22.1 Å². The number of methoxy groups -OCH3 is 2. The van der Waals surface area contributed by atoms with Crippen LogP contribution in [0.3, 0.4) is 0 Å². The van der Waals surface area contributed by atoms with E-state index in [1.165, 1.54) is 31.2 Å². The predicted octanol–water partition coefficient (Wildman–Crippen LogP) is 2.77. The molecule has 36 heavy (non-hydrogen) atoms. The quantitative estimate of drug-likeness (QED) is 0.299. The summed E-state index contributed by atoms with van der Waals surface area (Å²) in [5.74, 6) is -0.101. The summed E-state index contributed by atoms with van der Waals surface area (Å²) in [6.45, 7) is -0.151. The van der Waals surface area contributed by atoms with E-state index in [1.54, 1.807) is 42.6 Å². The zero-order valence-corrected chi connectivity index (χ0v) is 21.0. The molecule has 3 heterocycles. The third kappa shape index (κ3) is 5.70. The standard InChI is InChI=1S/C23H23N5O6S2/c1-33-19-7-6-15(12-20(19)34-2)11-18(23(29)30)28-14-16(26-27-28)13-25-36(31,32)22-9-8-21(35-22)17-5-3-4-10-24-17/h3-10,12,14,18,25H,11,13H2,1-2H3,(H,29,30)/t18-/m0/s1. The average molecular weight is 530 g/mol. The molecule has 0 aliphatic carbocycles. The molecule has 4 aromatic rings. The molecule has 1 atom stereocenters. The van der Waals surface area contributed by atoms with E-state index in [9.17, 15) is 18.3 Å². The van der Waals surface area contributed by atoms with E-state index in [0.717, 1.165) is 16.2 Å². The van der Waals surface area contributed by atoms with Gasteiger partial charge in [-0.25, -0.2) is 22.6 Å².